The molecule has 2 aromatic carbocycles. The minimum absolute atomic E-state index is 0.0795. The molecule has 1 nitrogen and oxygen atoms in total. The quantitative estimate of drug-likeness (QED) is 0.446. The molecule has 0 aliphatic heterocycles. The molecule has 1 aromatic heterocycles. The van der Waals surface area contributed by atoms with Gasteiger partial charge in [-0.2, -0.15) is 22.0 Å². The van der Waals surface area contributed by atoms with Gasteiger partial charge in [-0.1, -0.05) is 35.3 Å². The summed E-state index contributed by atoms with van der Waals surface area (Å²) < 4.78 is 64.7. The van der Waals surface area contributed by atoms with Gasteiger partial charge in [0.2, 0.25) is 0 Å². The van der Waals surface area contributed by atoms with Crippen molar-refractivity contribution in [2.24, 2.45) is 0 Å². The number of halogens is 7. The average Bonchev–Trinajstić information content (AvgIpc) is 2.89. The van der Waals surface area contributed by atoms with Crippen molar-refractivity contribution in [2.45, 2.75) is 19.0 Å². The first-order valence-corrected chi connectivity index (χ1v) is 7.80. The van der Waals surface area contributed by atoms with Crippen LogP contribution in [-0.2, 0) is 5.92 Å². The smallest absolute Gasteiger partial charge is 0.353 e. The SMILES string of the molecule is Cc1ccc(-c2cc3cc(C(F)(F)C(F)(F)F)[nH]c3cc2Cl)c(Cl)c1. The molecule has 0 amide bonds. The van der Waals surface area contributed by atoms with Crippen molar-refractivity contribution >= 4 is 34.1 Å². The average molecular weight is 394 g/mol. The molecule has 0 saturated heterocycles. The predicted octanol–water partition coefficient (Wildman–Crippen LogP) is 7.10. The van der Waals surface area contributed by atoms with Gasteiger partial charge in [-0.15, -0.1) is 0 Å². The van der Waals surface area contributed by atoms with E-state index in [9.17, 15) is 22.0 Å². The zero-order valence-electron chi connectivity index (χ0n) is 12.6. The highest BCUT2D eigenvalue weighted by molar-refractivity contribution is 6.37. The highest BCUT2D eigenvalue weighted by atomic mass is 35.5. The highest BCUT2D eigenvalue weighted by Gasteiger charge is 2.59. The molecule has 0 atom stereocenters. The summed E-state index contributed by atoms with van der Waals surface area (Å²) in [5.41, 5.74) is 0.762. The number of benzene rings is 2. The van der Waals surface area contributed by atoms with Crippen LogP contribution < -0.4 is 0 Å². The fourth-order valence-corrected chi connectivity index (χ4v) is 3.12. The second-order valence-corrected chi connectivity index (χ2v) is 6.47. The first-order valence-electron chi connectivity index (χ1n) is 7.04. The number of hydrogen-bond donors (Lipinski definition) is 1. The maximum atomic E-state index is 13.5. The number of alkyl halides is 5. The summed E-state index contributed by atoms with van der Waals surface area (Å²) in [4.78, 5) is 2.10. The fourth-order valence-electron chi connectivity index (χ4n) is 2.52. The molecule has 1 heterocycles. The van der Waals surface area contributed by atoms with Crippen LogP contribution in [0.15, 0.2) is 36.4 Å². The van der Waals surface area contributed by atoms with Crippen LogP contribution in [0.1, 0.15) is 11.3 Å². The maximum Gasteiger partial charge on any atom is 0.459 e. The van der Waals surface area contributed by atoms with Crippen molar-refractivity contribution in [3.8, 4) is 11.1 Å². The first kappa shape index (κ1) is 18.0. The lowest BCUT2D eigenvalue weighted by Gasteiger charge is -2.17. The van der Waals surface area contributed by atoms with Crippen LogP contribution in [0, 0.1) is 6.92 Å². The summed E-state index contributed by atoms with van der Waals surface area (Å²) in [6.07, 6.45) is -5.69. The lowest BCUT2D eigenvalue weighted by atomic mass is 10.0. The fraction of sp³-hybridized carbons (Fsp3) is 0.176. The summed E-state index contributed by atoms with van der Waals surface area (Å²) >= 11 is 12.4. The molecule has 1 N–H and O–H groups in total. The van der Waals surface area contributed by atoms with E-state index in [2.05, 4.69) is 4.98 Å². The Morgan fingerprint density at radius 1 is 0.840 bits per heavy atom. The van der Waals surface area contributed by atoms with Crippen molar-refractivity contribution in [3.63, 3.8) is 0 Å². The van der Waals surface area contributed by atoms with Gasteiger partial charge in [0, 0.05) is 27.1 Å². The molecule has 132 valence electrons. The molecule has 0 aliphatic carbocycles. The van der Waals surface area contributed by atoms with Gasteiger partial charge in [0.1, 0.15) is 0 Å². The van der Waals surface area contributed by atoms with Gasteiger partial charge in [-0.05, 0) is 36.8 Å². The largest absolute Gasteiger partial charge is 0.459 e. The van der Waals surface area contributed by atoms with Gasteiger partial charge in [-0.3, -0.25) is 0 Å². The Balaban J connectivity index is 2.17. The van der Waals surface area contributed by atoms with Crippen LogP contribution in [0.2, 0.25) is 10.0 Å². The first-order chi connectivity index (χ1) is 11.5. The summed E-state index contributed by atoms with van der Waals surface area (Å²) in [7, 11) is 0. The molecule has 3 aromatic rings. The van der Waals surface area contributed by atoms with Crippen molar-refractivity contribution in [1.82, 2.24) is 4.98 Å². The van der Waals surface area contributed by atoms with Crippen LogP contribution >= 0.6 is 23.2 Å². The molecule has 0 saturated carbocycles. The van der Waals surface area contributed by atoms with E-state index in [4.69, 9.17) is 23.2 Å². The van der Waals surface area contributed by atoms with Crippen molar-refractivity contribution in [2.75, 3.05) is 0 Å². The third-order valence-electron chi connectivity index (χ3n) is 3.82. The molecule has 0 radical (unpaired) electrons. The standard InChI is InChI=1S/C17H10Cl2F5N/c1-8-2-3-10(12(18)4-8)11-5-9-6-15(16(20,21)17(22,23)24)25-14(9)7-13(11)19/h2-7,25H,1H3. The molecule has 25 heavy (non-hydrogen) atoms. The Labute approximate surface area is 149 Å². The normalized spacial score (nSPS) is 12.8. The van der Waals surface area contributed by atoms with Gasteiger partial charge >= 0.3 is 12.1 Å². The summed E-state index contributed by atoms with van der Waals surface area (Å²) in [5, 5.41) is 0.759. The van der Waals surface area contributed by atoms with Crippen molar-refractivity contribution < 1.29 is 22.0 Å². The second kappa shape index (κ2) is 5.88. The minimum atomic E-state index is -5.69. The highest BCUT2D eigenvalue weighted by Crippen LogP contribution is 2.45. The number of aromatic amines is 1. The molecule has 3 rings (SSSR count). The number of aromatic nitrogens is 1. The zero-order chi connectivity index (χ0) is 18.6. The molecule has 0 fully saturated rings. The Morgan fingerprint density at radius 3 is 2.08 bits per heavy atom. The van der Waals surface area contributed by atoms with Crippen molar-refractivity contribution in [3.05, 3.63) is 57.7 Å². The summed E-state index contributed by atoms with van der Waals surface area (Å²) in [6, 6.07) is 8.71. The molecule has 0 unspecified atom stereocenters. The van der Waals surface area contributed by atoms with Crippen LogP contribution in [-0.4, -0.2) is 11.2 Å². The van der Waals surface area contributed by atoms with Crippen LogP contribution in [0.4, 0.5) is 22.0 Å². The van der Waals surface area contributed by atoms with E-state index in [0.29, 0.717) is 16.1 Å². The van der Waals surface area contributed by atoms with E-state index in [1.807, 2.05) is 6.92 Å². The van der Waals surface area contributed by atoms with Crippen LogP contribution in [0.3, 0.4) is 0 Å². The van der Waals surface area contributed by atoms with Crippen LogP contribution in [0.5, 0.6) is 0 Å². The number of hydrogen-bond acceptors (Lipinski definition) is 0. The Morgan fingerprint density at radius 2 is 1.48 bits per heavy atom. The number of rotatable bonds is 2. The molecular weight excluding hydrogens is 384 g/mol. The van der Waals surface area contributed by atoms with Crippen LogP contribution in [0.25, 0.3) is 22.0 Å². The number of nitrogens with one attached hydrogen (secondary N) is 1. The zero-order valence-corrected chi connectivity index (χ0v) is 14.1. The Kier molecular flexibility index (Phi) is 4.24. The molecule has 8 heteroatoms. The Bertz CT molecular complexity index is 960. The topological polar surface area (TPSA) is 15.8 Å². The molecule has 0 aliphatic rings. The van der Waals surface area contributed by atoms with E-state index in [0.717, 1.165) is 11.6 Å². The predicted molar refractivity (Wildman–Crippen MR) is 88.4 cm³/mol. The van der Waals surface area contributed by atoms with Crippen molar-refractivity contribution in [1.29, 1.82) is 0 Å². The number of H-pyrrole nitrogens is 1. The van der Waals surface area contributed by atoms with E-state index < -0.39 is 17.8 Å². The maximum absolute atomic E-state index is 13.5. The summed E-state index contributed by atoms with van der Waals surface area (Å²) in [5.74, 6) is -4.99. The lowest BCUT2D eigenvalue weighted by molar-refractivity contribution is -0.290. The molecule has 0 spiro atoms. The van der Waals surface area contributed by atoms with Gasteiger partial charge in [0.05, 0.1) is 10.7 Å². The van der Waals surface area contributed by atoms with E-state index in [-0.39, 0.29) is 15.9 Å². The van der Waals surface area contributed by atoms with Gasteiger partial charge in [0.25, 0.3) is 0 Å². The summed E-state index contributed by atoms with van der Waals surface area (Å²) in [6.45, 7) is 1.85. The third-order valence-corrected chi connectivity index (χ3v) is 4.44. The van der Waals surface area contributed by atoms with E-state index >= 15 is 0 Å². The van der Waals surface area contributed by atoms with E-state index in [1.54, 1.807) is 18.2 Å². The van der Waals surface area contributed by atoms with Gasteiger partial charge in [-0.25, -0.2) is 0 Å². The second-order valence-electron chi connectivity index (χ2n) is 5.66. The minimum Gasteiger partial charge on any atom is -0.353 e. The third kappa shape index (κ3) is 3.09. The Hall–Kier alpha value is -1.79. The van der Waals surface area contributed by atoms with Gasteiger partial charge < -0.3 is 4.98 Å². The number of fused-ring (bicyclic) bond motifs is 1. The molecular formula is C17H10Cl2F5N. The van der Waals surface area contributed by atoms with E-state index in [1.165, 1.54) is 12.1 Å². The lowest BCUT2D eigenvalue weighted by Crippen LogP contribution is -2.33. The molecule has 0 bridgehead atoms. The van der Waals surface area contributed by atoms with Gasteiger partial charge in [0.15, 0.2) is 0 Å². The monoisotopic (exact) mass is 393 g/mol. The number of aryl methyl sites for hydroxylation is 1.